The zero-order valence-electron chi connectivity index (χ0n) is 13.9. The van der Waals surface area contributed by atoms with E-state index in [4.69, 9.17) is 23.2 Å². The SMILES string of the molecule is CCn1ncc(Cl)c1C(=O)Nc1ccc(Cl)cc1C(=O)c1ccccc1. The van der Waals surface area contributed by atoms with Crippen molar-refractivity contribution in [2.24, 2.45) is 0 Å². The van der Waals surface area contributed by atoms with E-state index in [1.54, 1.807) is 36.4 Å². The summed E-state index contributed by atoms with van der Waals surface area (Å²) >= 11 is 12.1. The van der Waals surface area contributed by atoms with Crippen molar-refractivity contribution in [1.29, 1.82) is 0 Å². The van der Waals surface area contributed by atoms with Crippen LogP contribution in [0, 0.1) is 0 Å². The van der Waals surface area contributed by atoms with Crippen molar-refractivity contribution >= 4 is 40.6 Å². The number of aromatic nitrogens is 2. The fourth-order valence-electron chi connectivity index (χ4n) is 2.57. The lowest BCUT2D eigenvalue weighted by Gasteiger charge is -2.12. The molecule has 1 amide bonds. The molecule has 1 heterocycles. The molecule has 0 fully saturated rings. The summed E-state index contributed by atoms with van der Waals surface area (Å²) in [6.07, 6.45) is 1.41. The smallest absolute Gasteiger partial charge is 0.275 e. The highest BCUT2D eigenvalue weighted by atomic mass is 35.5. The molecule has 0 atom stereocenters. The van der Waals surface area contributed by atoms with Crippen LogP contribution < -0.4 is 5.32 Å². The topological polar surface area (TPSA) is 64.0 Å². The summed E-state index contributed by atoms with van der Waals surface area (Å²) in [6, 6.07) is 13.5. The molecule has 0 radical (unpaired) electrons. The van der Waals surface area contributed by atoms with E-state index in [0.29, 0.717) is 28.4 Å². The summed E-state index contributed by atoms with van der Waals surface area (Å²) in [7, 11) is 0. The number of amides is 1. The number of carbonyl (C=O) groups is 2. The first-order valence-corrected chi connectivity index (χ1v) is 8.68. The van der Waals surface area contributed by atoms with Crippen molar-refractivity contribution < 1.29 is 9.59 Å². The third kappa shape index (κ3) is 3.64. The Morgan fingerprint density at radius 3 is 2.54 bits per heavy atom. The molecule has 0 aliphatic heterocycles. The minimum Gasteiger partial charge on any atom is -0.320 e. The average molecular weight is 388 g/mol. The third-order valence-electron chi connectivity index (χ3n) is 3.82. The summed E-state index contributed by atoms with van der Waals surface area (Å²) < 4.78 is 1.49. The second-order valence-electron chi connectivity index (χ2n) is 5.50. The number of anilines is 1. The molecule has 3 rings (SSSR count). The third-order valence-corrected chi connectivity index (χ3v) is 4.33. The lowest BCUT2D eigenvalue weighted by molar-refractivity contribution is 0.101. The first-order valence-electron chi connectivity index (χ1n) is 7.93. The van der Waals surface area contributed by atoms with Gasteiger partial charge in [-0.15, -0.1) is 0 Å². The molecular weight excluding hydrogens is 373 g/mol. The predicted molar refractivity (Wildman–Crippen MR) is 102 cm³/mol. The first-order chi connectivity index (χ1) is 12.5. The summed E-state index contributed by atoms with van der Waals surface area (Å²) in [5.41, 5.74) is 1.40. The number of ketones is 1. The van der Waals surface area contributed by atoms with Crippen molar-refractivity contribution in [3.63, 3.8) is 0 Å². The molecule has 26 heavy (non-hydrogen) atoms. The Kier molecular flexibility index (Phi) is 5.40. The van der Waals surface area contributed by atoms with Crippen LogP contribution in [0.25, 0.3) is 0 Å². The number of rotatable bonds is 5. The van der Waals surface area contributed by atoms with E-state index in [9.17, 15) is 9.59 Å². The van der Waals surface area contributed by atoms with Gasteiger partial charge in [0.2, 0.25) is 0 Å². The van der Waals surface area contributed by atoms with Crippen LogP contribution in [-0.2, 0) is 6.54 Å². The van der Waals surface area contributed by atoms with Crippen LogP contribution in [0.2, 0.25) is 10.0 Å². The monoisotopic (exact) mass is 387 g/mol. The van der Waals surface area contributed by atoms with Gasteiger partial charge in [0.25, 0.3) is 5.91 Å². The highest BCUT2D eigenvalue weighted by Crippen LogP contribution is 2.25. The van der Waals surface area contributed by atoms with Gasteiger partial charge in [-0.3, -0.25) is 14.3 Å². The molecule has 3 aromatic rings. The molecular formula is C19H15Cl2N3O2. The Balaban J connectivity index is 1.97. The predicted octanol–water partition coefficient (Wildman–Crippen LogP) is 4.69. The van der Waals surface area contributed by atoms with Gasteiger partial charge in [0, 0.05) is 22.7 Å². The van der Waals surface area contributed by atoms with Gasteiger partial charge in [0.15, 0.2) is 5.78 Å². The van der Waals surface area contributed by atoms with Crippen molar-refractivity contribution in [2.45, 2.75) is 13.5 Å². The van der Waals surface area contributed by atoms with E-state index in [2.05, 4.69) is 10.4 Å². The molecule has 0 saturated heterocycles. The average Bonchev–Trinajstić information content (AvgIpc) is 3.04. The fourth-order valence-corrected chi connectivity index (χ4v) is 2.97. The molecule has 0 aliphatic carbocycles. The highest BCUT2D eigenvalue weighted by Gasteiger charge is 2.20. The molecule has 7 heteroatoms. The quantitative estimate of drug-likeness (QED) is 0.645. The van der Waals surface area contributed by atoms with Crippen molar-refractivity contribution in [1.82, 2.24) is 9.78 Å². The maximum absolute atomic E-state index is 12.8. The zero-order valence-corrected chi connectivity index (χ0v) is 15.4. The lowest BCUT2D eigenvalue weighted by Crippen LogP contribution is -2.19. The summed E-state index contributed by atoms with van der Waals surface area (Å²) in [6.45, 7) is 2.35. The molecule has 2 aromatic carbocycles. The number of hydrogen-bond acceptors (Lipinski definition) is 3. The van der Waals surface area contributed by atoms with Gasteiger partial charge < -0.3 is 5.32 Å². The Bertz CT molecular complexity index is 968. The number of aryl methyl sites for hydroxylation is 1. The number of carbonyl (C=O) groups excluding carboxylic acids is 2. The van der Waals surface area contributed by atoms with Crippen molar-refractivity contribution in [3.8, 4) is 0 Å². The molecule has 5 nitrogen and oxygen atoms in total. The molecule has 132 valence electrons. The van der Waals surface area contributed by atoms with Crippen molar-refractivity contribution in [2.75, 3.05) is 5.32 Å². The number of nitrogens with one attached hydrogen (secondary N) is 1. The minimum absolute atomic E-state index is 0.238. The number of nitrogens with zero attached hydrogens (tertiary/aromatic N) is 2. The van der Waals surface area contributed by atoms with Gasteiger partial charge in [-0.1, -0.05) is 53.5 Å². The van der Waals surface area contributed by atoms with E-state index in [-0.39, 0.29) is 16.5 Å². The van der Waals surface area contributed by atoms with Crippen LogP contribution >= 0.6 is 23.2 Å². The second kappa shape index (κ2) is 7.72. The Hall–Kier alpha value is -2.63. The van der Waals surface area contributed by atoms with E-state index in [0.717, 1.165) is 0 Å². The Labute approximate surface area is 160 Å². The first kappa shape index (κ1) is 18.2. The number of halogens is 2. The lowest BCUT2D eigenvalue weighted by atomic mass is 10.0. The molecule has 0 spiro atoms. The summed E-state index contributed by atoms with van der Waals surface area (Å²) in [5.74, 6) is -0.683. The van der Waals surface area contributed by atoms with Gasteiger partial charge in [-0.05, 0) is 25.1 Å². The molecule has 0 bridgehead atoms. The van der Waals surface area contributed by atoms with Gasteiger partial charge >= 0.3 is 0 Å². The van der Waals surface area contributed by atoms with Crippen molar-refractivity contribution in [3.05, 3.63) is 81.6 Å². The Morgan fingerprint density at radius 2 is 1.85 bits per heavy atom. The van der Waals surface area contributed by atoms with E-state index < -0.39 is 5.91 Å². The Morgan fingerprint density at radius 1 is 1.12 bits per heavy atom. The van der Waals surface area contributed by atoms with Gasteiger partial charge in [0.05, 0.1) is 16.9 Å². The summed E-state index contributed by atoms with van der Waals surface area (Å²) in [5, 5.41) is 7.44. The fraction of sp³-hybridized carbons (Fsp3) is 0.105. The van der Waals surface area contributed by atoms with Gasteiger partial charge in [-0.25, -0.2) is 0 Å². The molecule has 0 saturated carbocycles. The minimum atomic E-state index is -0.446. The standard InChI is InChI=1S/C19H15Cl2N3O2/c1-2-24-17(15(21)11-22-24)19(26)23-16-9-8-13(20)10-14(16)18(25)12-6-4-3-5-7-12/h3-11H,2H2,1H3,(H,23,26). The number of hydrogen-bond donors (Lipinski definition) is 1. The van der Waals surface area contributed by atoms with E-state index in [1.807, 2.05) is 13.0 Å². The molecule has 1 N–H and O–H groups in total. The van der Waals surface area contributed by atoms with Gasteiger partial charge in [-0.2, -0.15) is 5.10 Å². The van der Waals surface area contributed by atoms with Crippen LogP contribution in [-0.4, -0.2) is 21.5 Å². The maximum atomic E-state index is 12.8. The second-order valence-corrected chi connectivity index (χ2v) is 6.34. The van der Waals surface area contributed by atoms with Crippen LogP contribution in [0.15, 0.2) is 54.7 Å². The number of benzene rings is 2. The molecule has 1 aromatic heterocycles. The van der Waals surface area contributed by atoms with Crippen LogP contribution in [0.5, 0.6) is 0 Å². The zero-order chi connectivity index (χ0) is 18.7. The summed E-state index contributed by atoms with van der Waals surface area (Å²) in [4.78, 5) is 25.5. The van der Waals surface area contributed by atoms with E-state index in [1.165, 1.54) is 16.9 Å². The normalized spacial score (nSPS) is 10.6. The van der Waals surface area contributed by atoms with Gasteiger partial charge in [0.1, 0.15) is 5.69 Å². The van der Waals surface area contributed by atoms with E-state index >= 15 is 0 Å². The van der Waals surface area contributed by atoms with Crippen LogP contribution in [0.3, 0.4) is 0 Å². The molecule has 0 unspecified atom stereocenters. The van der Waals surface area contributed by atoms with Crippen LogP contribution in [0.1, 0.15) is 33.3 Å². The largest absolute Gasteiger partial charge is 0.320 e. The highest BCUT2D eigenvalue weighted by molar-refractivity contribution is 6.34. The maximum Gasteiger partial charge on any atom is 0.275 e. The van der Waals surface area contributed by atoms with Crippen LogP contribution in [0.4, 0.5) is 5.69 Å². The molecule has 0 aliphatic rings.